The molecule has 15 heavy (non-hydrogen) atoms. The van der Waals surface area contributed by atoms with E-state index in [1.807, 2.05) is 0 Å². The SMILES string of the molecule is Nc1ccc(-n2ccc(=O)c(O)c2)cc1. The van der Waals surface area contributed by atoms with Gasteiger partial charge in [0.2, 0.25) is 5.43 Å². The van der Waals surface area contributed by atoms with Gasteiger partial charge in [-0.2, -0.15) is 0 Å². The summed E-state index contributed by atoms with van der Waals surface area (Å²) in [4.78, 5) is 11.0. The average molecular weight is 202 g/mol. The Morgan fingerprint density at radius 1 is 1.13 bits per heavy atom. The van der Waals surface area contributed by atoms with Crippen molar-refractivity contribution < 1.29 is 5.11 Å². The first kappa shape index (κ1) is 9.33. The molecule has 76 valence electrons. The second kappa shape index (κ2) is 3.49. The van der Waals surface area contributed by atoms with Crippen molar-refractivity contribution in [3.05, 3.63) is 52.9 Å². The number of benzene rings is 1. The number of anilines is 1. The van der Waals surface area contributed by atoms with E-state index < -0.39 is 0 Å². The summed E-state index contributed by atoms with van der Waals surface area (Å²) in [6, 6.07) is 8.43. The van der Waals surface area contributed by atoms with Crippen molar-refractivity contribution in [3.63, 3.8) is 0 Å². The number of pyridine rings is 1. The number of hydrogen-bond acceptors (Lipinski definition) is 3. The summed E-state index contributed by atoms with van der Waals surface area (Å²) < 4.78 is 1.65. The second-order valence-corrected chi connectivity index (χ2v) is 3.19. The first-order valence-corrected chi connectivity index (χ1v) is 4.44. The minimum Gasteiger partial charge on any atom is -0.503 e. The normalized spacial score (nSPS) is 10.1. The van der Waals surface area contributed by atoms with Crippen molar-refractivity contribution in [1.29, 1.82) is 0 Å². The van der Waals surface area contributed by atoms with Crippen molar-refractivity contribution in [3.8, 4) is 11.4 Å². The van der Waals surface area contributed by atoms with E-state index in [-0.39, 0.29) is 11.2 Å². The molecule has 0 fully saturated rings. The molecule has 3 N–H and O–H groups in total. The molecule has 2 aromatic rings. The molecule has 0 atom stereocenters. The van der Waals surface area contributed by atoms with Crippen LogP contribution in [0.4, 0.5) is 5.69 Å². The zero-order valence-corrected chi connectivity index (χ0v) is 7.92. The number of rotatable bonds is 1. The first-order chi connectivity index (χ1) is 7.16. The molecular formula is C11H10N2O2. The van der Waals surface area contributed by atoms with Crippen molar-refractivity contribution in [2.45, 2.75) is 0 Å². The first-order valence-electron chi connectivity index (χ1n) is 4.44. The van der Waals surface area contributed by atoms with Crippen molar-refractivity contribution >= 4 is 5.69 Å². The summed E-state index contributed by atoms with van der Waals surface area (Å²) in [7, 11) is 0. The molecule has 0 bridgehead atoms. The molecule has 1 aromatic carbocycles. The molecule has 0 saturated carbocycles. The second-order valence-electron chi connectivity index (χ2n) is 3.19. The van der Waals surface area contributed by atoms with Crippen molar-refractivity contribution in [2.24, 2.45) is 0 Å². The summed E-state index contributed by atoms with van der Waals surface area (Å²) in [5.74, 6) is -0.269. The quantitative estimate of drug-likeness (QED) is 0.681. The highest BCUT2D eigenvalue weighted by molar-refractivity contribution is 5.45. The van der Waals surface area contributed by atoms with Crippen LogP contribution < -0.4 is 11.2 Å². The van der Waals surface area contributed by atoms with Gasteiger partial charge in [0.15, 0.2) is 5.75 Å². The Kier molecular flexibility index (Phi) is 2.17. The fourth-order valence-corrected chi connectivity index (χ4v) is 1.28. The molecule has 0 aliphatic rings. The fraction of sp³-hybridized carbons (Fsp3) is 0. The van der Waals surface area contributed by atoms with Gasteiger partial charge in [0.1, 0.15) is 0 Å². The molecule has 0 radical (unpaired) electrons. The van der Waals surface area contributed by atoms with Gasteiger partial charge in [0.25, 0.3) is 0 Å². The van der Waals surface area contributed by atoms with Crippen LogP contribution in [0.5, 0.6) is 5.75 Å². The molecule has 2 rings (SSSR count). The Hall–Kier alpha value is -2.23. The van der Waals surface area contributed by atoms with Crippen LogP contribution in [-0.4, -0.2) is 9.67 Å². The van der Waals surface area contributed by atoms with E-state index >= 15 is 0 Å². The number of nitrogens with two attached hydrogens (primary N) is 1. The summed E-state index contributed by atoms with van der Waals surface area (Å²) in [6.45, 7) is 0. The van der Waals surface area contributed by atoms with Gasteiger partial charge in [-0.3, -0.25) is 4.79 Å². The summed E-state index contributed by atoms with van der Waals surface area (Å²) in [5, 5.41) is 9.26. The number of nitrogens with zero attached hydrogens (tertiary/aromatic N) is 1. The summed E-state index contributed by atoms with van der Waals surface area (Å²) in [6.07, 6.45) is 2.96. The lowest BCUT2D eigenvalue weighted by Crippen LogP contribution is -2.03. The largest absolute Gasteiger partial charge is 0.503 e. The van der Waals surface area contributed by atoms with Gasteiger partial charge in [-0.25, -0.2) is 0 Å². The maximum absolute atomic E-state index is 11.0. The minimum atomic E-state index is -0.387. The molecule has 4 nitrogen and oxygen atoms in total. The Labute approximate surface area is 86.2 Å². The lowest BCUT2D eigenvalue weighted by Gasteiger charge is -2.06. The number of aromatic nitrogens is 1. The lowest BCUT2D eigenvalue weighted by atomic mass is 10.3. The monoisotopic (exact) mass is 202 g/mol. The van der Waals surface area contributed by atoms with E-state index in [9.17, 15) is 9.90 Å². The van der Waals surface area contributed by atoms with Crippen LogP contribution in [0, 0.1) is 0 Å². The van der Waals surface area contributed by atoms with Crippen LogP contribution in [0.15, 0.2) is 47.5 Å². The average Bonchev–Trinajstić information content (AvgIpc) is 2.23. The van der Waals surface area contributed by atoms with Gasteiger partial charge in [0, 0.05) is 23.6 Å². The molecule has 0 unspecified atom stereocenters. The van der Waals surface area contributed by atoms with Crippen LogP contribution in [0.1, 0.15) is 0 Å². The predicted octanol–water partition coefficient (Wildman–Crippen LogP) is 1.13. The third-order valence-electron chi connectivity index (χ3n) is 2.09. The highest BCUT2D eigenvalue weighted by Gasteiger charge is 1.98. The van der Waals surface area contributed by atoms with Crippen molar-refractivity contribution in [2.75, 3.05) is 5.73 Å². The molecule has 0 saturated heterocycles. The third kappa shape index (κ3) is 1.83. The van der Waals surface area contributed by atoms with E-state index in [0.717, 1.165) is 5.69 Å². The topological polar surface area (TPSA) is 68.2 Å². The highest BCUT2D eigenvalue weighted by atomic mass is 16.3. The maximum atomic E-state index is 11.0. The van der Waals surface area contributed by atoms with Crippen LogP contribution >= 0.6 is 0 Å². The minimum absolute atomic E-state index is 0.269. The van der Waals surface area contributed by atoms with Crippen LogP contribution in [0.25, 0.3) is 5.69 Å². The van der Waals surface area contributed by atoms with Crippen molar-refractivity contribution in [1.82, 2.24) is 4.57 Å². The Morgan fingerprint density at radius 2 is 1.80 bits per heavy atom. The smallest absolute Gasteiger partial charge is 0.223 e. The van der Waals surface area contributed by atoms with E-state index in [1.165, 1.54) is 12.3 Å². The van der Waals surface area contributed by atoms with Gasteiger partial charge in [-0.05, 0) is 24.3 Å². The zero-order chi connectivity index (χ0) is 10.8. The van der Waals surface area contributed by atoms with E-state index in [2.05, 4.69) is 0 Å². The molecule has 0 aliphatic heterocycles. The third-order valence-corrected chi connectivity index (χ3v) is 2.09. The number of hydrogen-bond donors (Lipinski definition) is 2. The van der Waals surface area contributed by atoms with Crippen LogP contribution in [-0.2, 0) is 0 Å². The van der Waals surface area contributed by atoms with Gasteiger partial charge in [-0.15, -0.1) is 0 Å². The van der Waals surface area contributed by atoms with E-state index in [4.69, 9.17) is 5.73 Å². The van der Waals surface area contributed by atoms with Gasteiger partial charge in [-0.1, -0.05) is 0 Å². The maximum Gasteiger partial charge on any atom is 0.223 e. The predicted molar refractivity (Wildman–Crippen MR) is 58.1 cm³/mol. The molecule has 4 heteroatoms. The molecule has 0 spiro atoms. The Bertz CT molecular complexity index is 529. The van der Waals surface area contributed by atoms with Gasteiger partial charge in [0.05, 0.1) is 6.20 Å². The molecule has 0 aliphatic carbocycles. The lowest BCUT2D eigenvalue weighted by molar-refractivity contribution is 0.465. The number of aromatic hydroxyl groups is 1. The fourth-order valence-electron chi connectivity index (χ4n) is 1.28. The molecule has 1 heterocycles. The van der Waals surface area contributed by atoms with Crippen LogP contribution in [0.2, 0.25) is 0 Å². The standard InChI is InChI=1S/C11H10N2O2/c12-8-1-3-9(4-2-8)13-6-5-10(14)11(15)7-13/h1-7,15H,12H2. The van der Waals surface area contributed by atoms with Gasteiger partial charge >= 0.3 is 0 Å². The highest BCUT2D eigenvalue weighted by Crippen LogP contribution is 2.11. The molecule has 1 aromatic heterocycles. The molecular weight excluding hydrogens is 192 g/mol. The van der Waals surface area contributed by atoms with E-state index in [1.54, 1.807) is 35.0 Å². The Balaban J connectivity index is 2.50. The van der Waals surface area contributed by atoms with Gasteiger partial charge < -0.3 is 15.4 Å². The molecule has 0 amide bonds. The Morgan fingerprint density at radius 3 is 2.40 bits per heavy atom. The summed E-state index contributed by atoms with van der Waals surface area (Å²) >= 11 is 0. The summed E-state index contributed by atoms with van der Waals surface area (Å²) in [5.41, 5.74) is 6.67. The zero-order valence-electron chi connectivity index (χ0n) is 7.92. The van der Waals surface area contributed by atoms with Crippen LogP contribution in [0.3, 0.4) is 0 Å². The van der Waals surface area contributed by atoms with E-state index in [0.29, 0.717) is 5.69 Å². The number of nitrogen functional groups attached to an aromatic ring is 1.